The minimum absolute atomic E-state index is 0.727. The van der Waals surface area contributed by atoms with Crippen LogP contribution in [0.15, 0.2) is 12.0 Å². The lowest BCUT2D eigenvalue weighted by molar-refractivity contribution is 0.142. The minimum atomic E-state index is -1.53. The van der Waals surface area contributed by atoms with Gasteiger partial charge in [-0.05, 0) is 30.6 Å². The molecule has 0 aliphatic rings. The van der Waals surface area contributed by atoms with Crippen molar-refractivity contribution in [1.29, 1.82) is 0 Å². The van der Waals surface area contributed by atoms with Crippen molar-refractivity contribution < 1.29 is 9.16 Å². The molecule has 0 fully saturated rings. The SMILES string of the molecule is CCC=C(OC)O[Si](CC)(CC)CC. The zero-order valence-electron chi connectivity index (χ0n) is 10.2. The van der Waals surface area contributed by atoms with Gasteiger partial charge >= 0.3 is 0 Å². The molecule has 0 aromatic carbocycles. The van der Waals surface area contributed by atoms with Gasteiger partial charge in [0.05, 0.1) is 7.11 Å². The zero-order valence-corrected chi connectivity index (χ0v) is 11.2. The van der Waals surface area contributed by atoms with Crippen LogP contribution in [0, 0.1) is 0 Å². The van der Waals surface area contributed by atoms with Crippen LogP contribution in [-0.4, -0.2) is 15.4 Å². The van der Waals surface area contributed by atoms with E-state index in [1.807, 2.05) is 6.08 Å². The van der Waals surface area contributed by atoms with E-state index in [0.29, 0.717) is 0 Å². The van der Waals surface area contributed by atoms with Crippen molar-refractivity contribution in [3.8, 4) is 0 Å². The molecule has 0 aromatic heterocycles. The molecule has 0 spiro atoms. The number of methoxy groups -OCH3 is 1. The highest BCUT2D eigenvalue weighted by Gasteiger charge is 2.31. The third-order valence-corrected chi connectivity index (χ3v) is 7.32. The van der Waals surface area contributed by atoms with Gasteiger partial charge < -0.3 is 9.16 Å². The van der Waals surface area contributed by atoms with Gasteiger partial charge in [0.25, 0.3) is 14.3 Å². The summed E-state index contributed by atoms with van der Waals surface area (Å²) in [6, 6.07) is 3.47. The molecule has 0 heterocycles. The Bertz CT molecular complexity index is 166. The molecular weight excluding hydrogens is 192 g/mol. The summed E-state index contributed by atoms with van der Waals surface area (Å²) in [4.78, 5) is 0. The summed E-state index contributed by atoms with van der Waals surface area (Å²) in [7, 11) is 0.150. The average Bonchev–Trinajstić information content (AvgIpc) is 2.25. The number of allylic oxidation sites excluding steroid dienone is 1. The van der Waals surface area contributed by atoms with Crippen LogP contribution in [0.3, 0.4) is 0 Å². The topological polar surface area (TPSA) is 18.5 Å². The van der Waals surface area contributed by atoms with Gasteiger partial charge in [-0.1, -0.05) is 27.7 Å². The molecule has 0 N–H and O–H groups in total. The van der Waals surface area contributed by atoms with Gasteiger partial charge in [-0.25, -0.2) is 0 Å². The fourth-order valence-electron chi connectivity index (χ4n) is 1.51. The average molecular weight is 216 g/mol. The van der Waals surface area contributed by atoms with Crippen molar-refractivity contribution in [3.05, 3.63) is 12.0 Å². The summed E-state index contributed by atoms with van der Waals surface area (Å²) in [5, 5.41) is 0. The summed E-state index contributed by atoms with van der Waals surface area (Å²) >= 11 is 0. The van der Waals surface area contributed by atoms with Gasteiger partial charge in [0.15, 0.2) is 0 Å². The lowest BCUT2D eigenvalue weighted by Crippen LogP contribution is -2.35. The van der Waals surface area contributed by atoms with Crippen LogP contribution < -0.4 is 0 Å². The van der Waals surface area contributed by atoms with Crippen LogP contribution in [0.4, 0.5) is 0 Å². The first-order valence-corrected chi connectivity index (χ1v) is 8.14. The molecule has 0 aromatic rings. The molecule has 0 rings (SSSR count). The standard InChI is InChI=1S/C11H24O2Si/c1-6-10-11(12-5)13-14(7-2,8-3)9-4/h10H,6-9H2,1-5H3. The Balaban J connectivity index is 4.48. The fraction of sp³-hybridized carbons (Fsp3) is 0.818. The Morgan fingerprint density at radius 3 is 1.86 bits per heavy atom. The van der Waals surface area contributed by atoms with E-state index in [1.54, 1.807) is 7.11 Å². The molecule has 0 saturated heterocycles. The number of rotatable bonds is 7. The van der Waals surface area contributed by atoms with Crippen molar-refractivity contribution in [2.45, 2.75) is 52.2 Å². The van der Waals surface area contributed by atoms with E-state index in [-0.39, 0.29) is 0 Å². The summed E-state index contributed by atoms with van der Waals surface area (Å²) in [6.07, 6.45) is 2.98. The predicted octanol–water partition coefficient (Wildman–Crippen LogP) is 3.91. The Kier molecular flexibility index (Phi) is 6.71. The smallest absolute Gasteiger partial charge is 0.260 e. The molecule has 0 amide bonds. The highest BCUT2D eigenvalue weighted by molar-refractivity contribution is 6.73. The number of hydrogen-bond donors (Lipinski definition) is 0. The first-order valence-electron chi connectivity index (χ1n) is 5.61. The van der Waals surface area contributed by atoms with E-state index in [4.69, 9.17) is 9.16 Å². The summed E-state index contributed by atoms with van der Waals surface area (Å²) in [6.45, 7) is 8.75. The molecule has 0 aliphatic heterocycles. The number of hydrogen-bond acceptors (Lipinski definition) is 2. The van der Waals surface area contributed by atoms with Gasteiger partial charge in [-0.3, -0.25) is 0 Å². The highest BCUT2D eigenvalue weighted by Crippen LogP contribution is 2.24. The predicted molar refractivity (Wildman–Crippen MR) is 63.7 cm³/mol. The molecule has 2 nitrogen and oxygen atoms in total. The van der Waals surface area contributed by atoms with E-state index < -0.39 is 8.32 Å². The zero-order chi connectivity index (χ0) is 11.0. The van der Waals surface area contributed by atoms with Crippen LogP contribution in [0.1, 0.15) is 34.1 Å². The first kappa shape index (κ1) is 13.6. The van der Waals surface area contributed by atoms with Gasteiger partial charge in [0.1, 0.15) is 0 Å². The van der Waals surface area contributed by atoms with E-state index >= 15 is 0 Å². The second kappa shape index (κ2) is 6.93. The third-order valence-electron chi connectivity index (χ3n) is 2.82. The molecule has 0 radical (unpaired) electrons. The van der Waals surface area contributed by atoms with Crippen LogP contribution in [0.2, 0.25) is 18.1 Å². The van der Waals surface area contributed by atoms with E-state index in [2.05, 4.69) is 27.7 Å². The van der Waals surface area contributed by atoms with Gasteiger partial charge in [-0.2, -0.15) is 0 Å². The number of ether oxygens (including phenoxy) is 1. The van der Waals surface area contributed by atoms with Crippen molar-refractivity contribution in [2.75, 3.05) is 7.11 Å². The maximum atomic E-state index is 6.05. The van der Waals surface area contributed by atoms with Crippen molar-refractivity contribution >= 4 is 8.32 Å². The van der Waals surface area contributed by atoms with Crippen LogP contribution in [0.5, 0.6) is 0 Å². The molecule has 3 heteroatoms. The second-order valence-corrected chi connectivity index (χ2v) is 8.17. The van der Waals surface area contributed by atoms with E-state index in [1.165, 1.54) is 0 Å². The maximum Gasteiger partial charge on any atom is 0.260 e. The second-order valence-electron chi connectivity index (χ2n) is 3.48. The third kappa shape index (κ3) is 3.74. The molecular formula is C11H24O2Si. The van der Waals surface area contributed by atoms with Crippen molar-refractivity contribution in [2.24, 2.45) is 0 Å². The maximum absolute atomic E-state index is 6.05. The summed E-state index contributed by atoms with van der Waals surface area (Å²) in [5.74, 6) is 0.727. The summed E-state index contributed by atoms with van der Waals surface area (Å²) in [5.41, 5.74) is 0. The van der Waals surface area contributed by atoms with Crippen molar-refractivity contribution in [3.63, 3.8) is 0 Å². The Hall–Kier alpha value is -0.443. The monoisotopic (exact) mass is 216 g/mol. The minimum Gasteiger partial charge on any atom is -0.519 e. The Labute approximate surface area is 89.4 Å². The van der Waals surface area contributed by atoms with Crippen molar-refractivity contribution in [1.82, 2.24) is 0 Å². The van der Waals surface area contributed by atoms with Crippen LogP contribution >= 0.6 is 0 Å². The van der Waals surface area contributed by atoms with Gasteiger partial charge in [0.2, 0.25) is 0 Å². The molecule has 84 valence electrons. The normalized spacial score (nSPS) is 12.8. The first-order chi connectivity index (χ1) is 6.67. The quantitative estimate of drug-likeness (QED) is 0.474. The fourth-order valence-corrected chi connectivity index (χ4v) is 4.04. The molecule has 0 aliphatic carbocycles. The molecule has 0 bridgehead atoms. The van der Waals surface area contributed by atoms with E-state index in [0.717, 1.165) is 30.5 Å². The Morgan fingerprint density at radius 2 is 1.57 bits per heavy atom. The molecule has 14 heavy (non-hydrogen) atoms. The van der Waals surface area contributed by atoms with E-state index in [9.17, 15) is 0 Å². The molecule has 0 atom stereocenters. The lowest BCUT2D eigenvalue weighted by Gasteiger charge is -2.29. The summed E-state index contributed by atoms with van der Waals surface area (Å²) < 4.78 is 11.3. The largest absolute Gasteiger partial charge is 0.519 e. The highest BCUT2D eigenvalue weighted by atomic mass is 28.4. The van der Waals surface area contributed by atoms with Crippen LogP contribution in [0.25, 0.3) is 0 Å². The lowest BCUT2D eigenvalue weighted by atomic mass is 10.5. The van der Waals surface area contributed by atoms with Gasteiger partial charge in [-0.15, -0.1) is 0 Å². The van der Waals surface area contributed by atoms with Crippen LogP contribution in [-0.2, 0) is 9.16 Å². The Morgan fingerprint density at radius 1 is 1.07 bits per heavy atom. The molecule has 0 saturated carbocycles. The molecule has 0 unspecified atom stereocenters. The van der Waals surface area contributed by atoms with Gasteiger partial charge in [0, 0.05) is 0 Å².